The van der Waals surface area contributed by atoms with Crippen molar-refractivity contribution >= 4 is 0 Å². The zero-order valence-electron chi connectivity index (χ0n) is 21.7. The normalized spacial score (nSPS) is 10.6. The zero-order valence-corrected chi connectivity index (χ0v) is 23.3. The van der Waals surface area contributed by atoms with Gasteiger partial charge in [0.1, 0.15) is 0 Å². The minimum absolute atomic E-state index is 0. The summed E-state index contributed by atoms with van der Waals surface area (Å²) in [6, 6.07) is 31.0. The summed E-state index contributed by atoms with van der Waals surface area (Å²) >= 11 is 0. The molecule has 3 aromatic carbocycles. The number of rotatable bonds is 3. The van der Waals surface area contributed by atoms with Gasteiger partial charge in [-0.15, -0.1) is 16.2 Å². The van der Waals surface area contributed by atoms with Crippen molar-refractivity contribution in [1.29, 1.82) is 0 Å². The number of aliphatic hydroxyl groups is 1. The van der Waals surface area contributed by atoms with E-state index in [2.05, 4.69) is 98.7 Å². The van der Waals surface area contributed by atoms with Gasteiger partial charge in [0.05, 0.1) is 0 Å². The van der Waals surface area contributed by atoms with Crippen LogP contribution in [-0.4, -0.2) is 12.2 Å². The van der Waals surface area contributed by atoms with Crippen molar-refractivity contribution in [2.75, 3.05) is 7.11 Å². The van der Waals surface area contributed by atoms with E-state index in [-0.39, 0.29) is 38.0 Å². The molecule has 177 valence electrons. The van der Waals surface area contributed by atoms with Crippen LogP contribution in [0.3, 0.4) is 0 Å². The van der Waals surface area contributed by atoms with Gasteiger partial charge in [-0.05, 0) is 0 Å². The van der Waals surface area contributed by atoms with E-state index in [1.54, 1.807) is 0 Å². The molecule has 0 aliphatic rings. The third-order valence-corrected chi connectivity index (χ3v) is 4.67. The van der Waals surface area contributed by atoms with Crippen molar-refractivity contribution in [1.82, 2.24) is 0 Å². The summed E-state index contributed by atoms with van der Waals surface area (Å²) in [5.74, 6) is 0. The van der Waals surface area contributed by atoms with E-state index in [0.717, 1.165) is 7.11 Å². The summed E-state index contributed by atoms with van der Waals surface area (Å²) in [7, 11) is 1.00. The molecule has 3 rings (SSSR count). The van der Waals surface area contributed by atoms with Crippen LogP contribution in [0.1, 0.15) is 58.2 Å². The van der Waals surface area contributed by atoms with Crippen LogP contribution in [0.4, 0.5) is 0 Å². The third kappa shape index (κ3) is 15.0. The van der Waals surface area contributed by atoms with E-state index >= 15 is 0 Å². The molecular formula is C31H43OTi. The Labute approximate surface area is 219 Å². The molecule has 0 unspecified atom stereocenters. The summed E-state index contributed by atoms with van der Waals surface area (Å²) in [4.78, 5) is 0. The van der Waals surface area contributed by atoms with Gasteiger partial charge < -0.3 is 25.9 Å². The Kier molecular flexibility index (Phi) is 16.3. The van der Waals surface area contributed by atoms with Crippen LogP contribution >= 0.6 is 0 Å². The molecule has 33 heavy (non-hydrogen) atoms. The van der Waals surface area contributed by atoms with Crippen molar-refractivity contribution in [2.45, 2.75) is 57.8 Å². The summed E-state index contributed by atoms with van der Waals surface area (Å²) in [6.07, 6.45) is 0. The monoisotopic (exact) mass is 479 g/mol. The van der Waals surface area contributed by atoms with Crippen molar-refractivity contribution in [2.24, 2.45) is 0 Å². The fourth-order valence-electron chi connectivity index (χ4n) is 2.67. The van der Waals surface area contributed by atoms with Gasteiger partial charge in [-0.1, -0.05) is 149 Å². The molecule has 0 atom stereocenters. The molecule has 0 aliphatic carbocycles. The molecular weight excluding hydrogens is 436 g/mol. The standard InChI is InChI=1S/3C10H13.CH4O.Ti/c3*1-10(2,3)9-7-5-4-6-8-9;1-2;/h3*4-8H,1H2,2-3H3;2H,1H3;/q3*-1;;+3. The zero-order chi connectivity index (χ0) is 24.8. The maximum absolute atomic E-state index is 7.00. The van der Waals surface area contributed by atoms with Crippen molar-refractivity contribution in [3.8, 4) is 0 Å². The van der Waals surface area contributed by atoms with Crippen LogP contribution in [0.15, 0.2) is 91.0 Å². The molecule has 0 aliphatic heterocycles. The predicted molar refractivity (Wildman–Crippen MR) is 143 cm³/mol. The molecule has 1 radical (unpaired) electrons. The fourth-order valence-corrected chi connectivity index (χ4v) is 2.67. The van der Waals surface area contributed by atoms with E-state index in [9.17, 15) is 0 Å². The van der Waals surface area contributed by atoms with Gasteiger partial charge in [-0.25, -0.2) is 0 Å². The average molecular weight is 480 g/mol. The topological polar surface area (TPSA) is 20.2 Å². The van der Waals surface area contributed by atoms with Gasteiger partial charge in [0, 0.05) is 7.11 Å². The Morgan fingerprint density at radius 2 is 0.576 bits per heavy atom. The van der Waals surface area contributed by atoms with Gasteiger partial charge >= 0.3 is 21.7 Å². The van der Waals surface area contributed by atoms with Crippen molar-refractivity contribution in [3.63, 3.8) is 0 Å². The van der Waals surface area contributed by atoms with Gasteiger partial charge in [0.2, 0.25) is 0 Å². The molecule has 3 aromatic rings. The van der Waals surface area contributed by atoms with Gasteiger partial charge in [-0.2, -0.15) is 0 Å². The second kappa shape index (κ2) is 16.0. The maximum Gasteiger partial charge on any atom is 3.00 e. The second-order valence-corrected chi connectivity index (χ2v) is 9.75. The number of aliphatic hydroxyl groups excluding tert-OH is 1. The molecule has 0 aromatic heterocycles. The molecule has 2 heteroatoms. The van der Waals surface area contributed by atoms with Gasteiger partial charge in [0.15, 0.2) is 0 Å². The molecule has 0 bridgehead atoms. The van der Waals surface area contributed by atoms with E-state index in [1.807, 2.05) is 54.6 Å². The minimum atomic E-state index is 0. The van der Waals surface area contributed by atoms with Crippen molar-refractivity contribution < 1.29 is 26.8 Å². The first-order chi connectivity index (χ1) is 14.8. The molecule has 0 saturated heterocycles. The van der Waals surface area contributed by atoms with Gasteiger partial charge in [-0.3, -0.25) is 0 Å². The van der Waals surface area contributed by atoms with E-state index in [1.165, 1.54) is 16.7 Å². The maximum atomic E-state index is 7.00. The van der Waals surface area contributed by atoms with Crippen LogP contribution in [0.2, 0.25) is 0 Å². The smallest absolute Gasteiger partial charge is 0.400 e. The summed E-state index contributed by atoms with van der Waals surface area (Å²) < 4.78 is 0. The van der Waals surface area contributed by atoms with Crippen molar-refractivity contribution in [3.05, 3.63) is 128 Å². The summed E-state index contributed by atoms with van der Waals surface area (Å²) in [5, 5.41) is 7.00. The Morgan fingerprint density at radius 3 is 0.667 bits per heavy atom. The molecule has 1 N–H and O–H groups in total. The van der Waals surface area contributed by atoms with Crippen LogP contribution in [-0.2, 0) is 38.0 Å². The van der Waals surface area contributed by atoms with E-state index in [4.69, 9.17) is 5.11 Å². The largest absolute Gasteiger partial charge is 3.00 e. The molecule has 1 nitrogen and oxygen atoms in total. The number of hydrogen-bond acceptors (Lipinski definition) is 1. The first-order valence-corrected chi connectivity index (χ1v) is 11.0. The van der Waals surface area contributed by atoms with Crippen LogP contribution in [0.25, 0.3) is 0 Å². The van der Waals surface area contributed by atoms with Crippen LogP contribution < -0.4 is 0 Å². The minimum Gasteiger partial charge on any atom is -0.400 e. The van der Waals surface area contributed by atoms with E-state index in [0.29, 0.717) is 0 Å². The fraction of sp³-hybridized carbons (Fsp3) is 0.323. The average Bonchev–Trinajstić information content (AvgIpc) is 2.76. The Balaban J connectivity index is 0. The third-order valence-electron chi connectivity index (χ3n) is 4.67. The number of benzene rings is 3. The number of hydrogen-bond donors (Lipinski definition) is 1. The van der Waals surface area contributed by atoms with E-state index < -0.39 is 0 Å². The summed E-state index contributed by atoms with van der Waals surface area (Å²) in [6.45, 7) is 24.8. The van der Waals surface area contributed by atoms with Crippen LogP contribution in [0.5, 0.6) is 0 Å². The Hall–Kier alpha value is -1.67. The SMILES string of the molecule is CO.[CH2-]C(C)(C)c1ccccc1.[CH2-]C(C)(C)c1ccccc1.[CH2-]C(C)(C)c1ccccc1.[Ti+3]. The molecule has 0 fully saturated rings. The molecule has 0 amide bonds. The molecule has 0 heterocycles. The first kappa shape index (κ1) is 33.5. The summed E-state index contributed by atoms with van der Waals surface area (Å²) in [5.41, 5.74) is 3.99. The first-order valence-electron chi connectivity index (χ1n) is 11.0. The molecule has 0 spiro atoms. The quantitative estimate of drug-likeness (QED) is 0.298. The second-order valence-electron chi connectivity index (χ2n) is 9.75. The Bertz CT molecular complexity index is 704. The molecule has 0 saturated carbocycles. The Morgan fingerprint density at radius 1 is 0.424 bits per heavy atom. The van der Waals surface area contributed by atoms with Crippen LogP contribution in [0, 0.1) is 20.8 Å². The van der Waals surface area contributed by atoms with Gasteiger partial charge in [0.25, 0.3) is 0 Å². The predicted octanol–water partition coefficient (Wildman–Crippen LogP) is 8.00.